The summed E-state index contributed by atoms with van der Waals surface area (Å²) in [7, 11) is 3.98. The highest BCUT2D eigenvalue weighted by atomic mass is 16.1. The average Bonchev–Trinajstić information content (AvgIpc) is 3.24. The Morgan fingerprint density at radius 1 is 1.06 bits per heavy atom. The van der Waals surface area contributed by atoms with E-state index in [4.69, 9.17) is 5.10 Å². The van der Waals surface area contributed by atoms with Gasteiger partial charge in [0.25, 0.3) is 0 Å². The molecule has 6 nitrogen and oxygen atoms in total. The number of nitrogens with one attached hydrogen (secondary N) is 1. The van der Waals surface area contributed by atoms with Crippen molar-refractivity contribution in [3.63, 3.8) is 0 Å². The molecule has 1 amide bonds. The number of rotatable bonds is 6. The van der Waals surface area contributed by atoms with Gasteiger partial charge >= 0.3 is 0 Å². The van der Waals surface area contributed by atoms with Gasteiger partial charge in [0.1, 0.15) is 5.69 Å². The number of benzene rings is 2. The fraction of sp³-hybridized carbons (Fsp3) is 0.115. The number of pyridine rings is 1. The summed E-state index contributed by atoms with van der Waals surface area (Å²) in [4.78, 5) is 18.9. The van der Waals surface area contributed by atoms with Crippen LogP contribution in [0, 0.1) is 6.92 Å². The maximum Gasteiger partial charge on any atom is 0.248 e. The summed E-state index contributed by atoms with van der Waals surface area (Å²) in [6.45, 7) is 1.98. The Labute approximate surface area is 187 Å². The zero-order chi connectivity index (χ0) is 22.5. The zero-order valence-electron chi connectivity index (χ0n) is 18.4. The number of anilines is 2. The van der Waals surface area contributed by atoms with Gasteiger partial charge in [0.05, 0.1) is 5.69 Å². The molecule has 0 aliphatic rings. The molecule has 6 heteroatoms. The maximum atomic E-state index is 12.6. The van der Waals surface area contributed by atoms with Gasteiger partial charge in [0, 0.05) is 61.3 Å². The molecule has 0 aliphatic carbocycles. The number of para-hydroxylation sites is 1. The van der Waals surface area contributed by atoms with E-state index in [-0.39, 0.29) is 5.91 Å². The second-order valence-electron chi connectivity index (χ2n) is 7.67. The number of hydrogen-bond donors (Lipinski definition) is 1. The van der Waals surface area contributed by atoms with Crippen molar-refractivity contribution >= 4 is 23.4 Å². The van der Waals surface area contributed by atoms with Crippen LogP contribution in [0.25, 0.3) is 23.0 Å². The third-order valence-corrected chi connectivity index (χ3v) is 5.10. The molecular formula is C26H25N5O. The van der Waals surface area contributed by atoms with E-state index in [1.165, 1.54) is 6.08 Å². The van der Waals surface area contributed by atoms with Crippen molar-refractivity contribution < 1.29 is 4.79 Å². The van der Waals surface area contributed by atoms with Crippen LogP contribution in [0.1, 0.15) is 11.1 Å². The van der Waals surface area contributed by atoms with Crippen LogP contribution >= 0.6 is 0 Å². The fourth-order valence-corrected chi connectivity index (χ4v) is 3.36. The highest BCUT2D eigenvalue weighted by Crippen LogP contribution is 2.25. The Bertz CT molecular complexity index is 1240. The maximum absolute atomic E-state index is 12.6. The average molecular weight is 424 g/mol. The Morgan fingerprint density at radius 3 is 2.56 bits per heavy atom. The first-order valence-electron chi connectivity index (χ1n) is 10.3. The van der Waals surface area contributed by atoms with Gasteiger partial charge in [-0.15, -0.1) is 0 Å². The summed E-state index contributed by atoms with van der Waals surface area (Å²) in [5.41, 5.74) is 6.30. The van der Waals surface area contributed by atoms with Gasteiger partial charge < -0.3 is 10.2 Å². The summed E-state index contributed by atoms with van der Waals surface area (Å²) < 4.78 is 1.81. The van der Waals surface area contributed by atoms with E-state index in [1.807, 2.05) is 97.5 Å². The first-order chi connectivity index (χ1) is 15.5. The van der Waals surface area contributed by atoms with Crippen LogP contribution in [0.2, 0.25) is 0 Å². The molecular weight excluding hydrogens is 398 g/mol. The van der Waals surface area contributed by atoms with Crippen molar-refractivity contribution in [3.8, 4) is 16.9 Å². The van der Waals surface area contributed by atoms with Gasteiger partial charge in [-0.25, -0.2) is 4.68 Å². The summed E-state index contributed by atoms with van der Waals surface area (Å²) in [6.07, 6.45) is 8.73. The Hall–Kier alpha value is -4.19. The molecule has 32 heavy (non-hydrogen) atoms. The smallest absolute Gasteiger partial charge is 0.248 e. The molecule has 2 aromatic heterocycles. The van der Waals surface area contributed by atoms with Crippen LogP contribution < -0.4 is 10.2 Å². The van der Waals surface area contributed by atoms with Crippen LogP contribution in [-0.4, -0.2) is 34.8 Å². The number of hydrogen-bond acceptors (Lipinski definition) is 4. The molecule has 0 saturated heterocycles. The third-order valence-electron chi connectivity index (χ3n) is 5.10. The molecule has 4 rings (SSSR count). The summed E-state index contributed by atoms with van der Waals surface area (Å²) in [5.74, 6) is -0.199. The van der Waals surface area contributed by atoms with E-state index < -0.39 is 0 Å². The largest absolute Gasteiger partial charge is 0.378 e. The molecule has 0 aliphatic heterocycles. The van der Waals surface area contributed by atoms with E-state index in [9.17, 15) is 4.79 Å². The van der Waals surface area contributed by atoms with Crippen molar-refractivity contribution in [2.75, 3.05) is 24.3 Å². The monoisotopic (exact) mass is 423 g/mol. The lowest BCUT2D eigenvalue weighted by Crippen LogP contribution is -2.11. The molecule has 0 unspecified atom stereocenters. The molecule has 0 bridgehead atoms. The minimum absolute atomic E-state index is 0.199. The molecule has 160 valence electrons. The quantitative estimate of drug-likeness (QED) is 0.445. The van der Waals surface area contributed by atoms with Gasteiger partial charge in [-0.3, -0.25) is 9.78 Å². The van der Waals surface area contributed by atoms with Crippen molar-refractivity contribution in [1.29, 1.82) is 0 Å². The summed E-state index contributed by atoms with van der Waals surface area (Å²) >= 11 is 0. The topological polar surface area (TPSA) is 63.1 Å². The first kappa shape index (κ1) is 21.1. The van der Waals surface area contributed by atoms with Crippen molar-refractivity contribution in [2.45, 2.75) is 6.92 Å². The van der Waals surface area contributed by atoms with Crippen LogP contribution in [0.4, 0.5) is 11.4 Å². The number of carbonyl (C=O) groups excluding carboxylic acids is 1. The number of amides is 1. The van der Waals surface area contributed by atoms with E-state index in [1.54, 1.807) is 18.5 Å². The third kappa shape index (κ3) is 4.75. The molecule has 0 saturated carbocycles. The van der Waals surface area contributed by atoms with Gasteiger partial charge in [-0.05, 0) is 61.0 Å². The van der Waals surface area contributed by atoms with E-state index in [0.29, 0.717) is 0 Å². The van der Waals surface area contributed by atoms with Crippen molar-refractivity contribution in [3.05, 3.63) is 96.5 Å². The lowest BCUT2D eigenvalue weighted by molar-refractivity contribution is -0.111. The number of carbonyl (C=O) groups is 1. The molecule has 0 atom stereocenters. The molecule has 2 aromatic carbocycles. The van der Waals surface area contributed by atoms with Gasteiger partial charge in [-0.1, -0.05) is 18.2 Å². The molecule has 2 heterocycles. The second kappa shape index (κ2) is 9.31. The van der Waals surface area contributed by atoms with Gasteiger partial charge in [0.2, 0.25) is 5.91 Å². The van der Waals surface area contributed by atoms with Crippen molar-refractivity contribution in [1.82, 2.24) is 14.8 Å². The summed E-state index contributed by atoms with van der Waals surface area (Å²) in [6, 6.07) is 19.6. The highest BCUT2D eigenvalue weighted by molar-refractivity contribution is 6.02. The SMILES string of the molecule is Cc1cc(N(C)C)ccc1NC(=O)C=Cc1cn(-c2ccccc2)nc1-c1cccnc1. The van der Waals surface area contributed by atoms with Crippen LogP contribution in [-0.2, 0) is 4.79 Å². The minimum Gasteiger partial charge on any atom is -0.378 e. The number of aromatic nitrogens is 3. The van der Waals surface area contributed by atoms with E-state index in [2.05, 4.69) is 10.3 Å². The minimum atomic E-state index is -0.199. The first-order valence-corrected chi connectivity index (χ1v) is 10.3. The predicted molar refractivity (Wildman–Crippen MR) is 130 cm³/mol. The van der Waals surface area contributed by atoms with E-state index >= 15 is 0 Å². The normalized spacial score (nSPS) is 11.0. The Morgan fingerprint density at radius 2 is 1.88 bits per heavy atom. The highest BCUT2D eigenvalue weighted by Gasteiger charge is 2.11. The lowest BCUT2D eigenvalue weighted by atomic mass is 10.1. The fourth-order valence-electron chi connectivity index (χ4n) is 3.36. The van der Waals surface area contributed by atoms with Gasteiger partial charge in [-0.2, -0.15) is 5.10 Å². The number of aryl methyl sites for hydroxylation is 1. The molecule has 0 radical (unpaired) electrons. The standard InChI is InChI=1S/C26H25N5O/c1-19-16-23(30(2)3)12-13-24(19)28-25(32)14-11-21-18-31(22-9-5-4-6-10-22)29-26(21)20-8-7-15-27-17-20/h4-18H,1-3H3,(H,28,32). The van der Waals surface area contributed by atoms with Crippen LogP contribution in [0.5, 0.6) is 0 Å². The number of nitrogens with zero attached hydrogens (tertiary/aromatic N) is 4. The summed E-state index contributed by atoms with van der Waals surface area (Å²) in [5, 5.41) is 7.70. The molecule has 4 aromatic rings. The second-order valence-corrected chi connectivity index (χ2v) is 7.67. The Balaban J connectivity index is 1.60. The van der Waals surface area contributed by atoms with E-state index in [0.717, 1.165) is 39.4 Å². The van der Waals surface area contributed by atoms with Crippen molar-refractivity contribution in [2.24, 2.45) is 0 Å². The lowest BCUT2D eigenvalue weighted by Gasteiger charge is -2.15. The van der Waals surface area contributed by atoms with Crippen LogP contribution in [0.3, 0.4) is 0 Å². The molecule has 0 spiro atoms. The zero-order valence-corrected chi connectivity index (χ0v) is 18.4. The van der Waals surface area contributed by atoms with Crippen LogP contribution in [0.15, 0.2) is 85.3 Å². The molecule has 0 fully saturated rings. The molecule has 1 N–H and O–H groups in total. The predicted octanol–water partition coefficient (Wildman–Crippen LogP) is 4.96. The Kier molecular flexibility index (Phi) is 6.12. The van der Waals surface area contributed by atoms with Gasteiger partial charge in [0.15, 0.2) is 0 Å².